The van der Waals surface area contributed by atoms with Gasteiger partial charge in [0.05, 0.1) is 24.8 Å². The Morgan fingerprint density at radius 1 is 1.21 bits per heavy atom. The van der Waals surface area contributed by atoms with E-state index < -0.39 is 12.1 Å². The molecular formula is C23H30N4O5S. The Balaban J connectivity index is 1.92. The minimum Gasteiger partial charge on any atom is -0.497 e. The SMILES string of the molecule is COc1ccc(-c2cc(C(=O)N[C@H]3CCCN(C(=O)O)C3C(C)(C)C)c(NC(N)=O)s2)cc1. The van der Waals surface area contributed by atoms with Crippen LogP contribution in [0.5, 0.6) is 5.75 Å². The van der Waals surface area contributed by atoms with Gasteiger partial charge in [-0.15, -0.1) is 11.3 Å². The predicted octanol–water partition coefficient (Wildman–Crippen LogP) is 4.20. The molecule has 1 aromatic heterocycles. The number of thiophene rings is 1. The lowest BCUT2D eigenvalue weighted by Gasteiger charge is -2.46. The van der Waals surface area contributed by atoms with Gasteiger partial charge >= 0.3 is 12.1 Å². The number of likely N-dealkylation sites (tertiary alicyclic amines) is 1. The highest BCUT2D eigenvalue weighted by Crippen LogP contribution is 2.37. The van der Waals surface area contributed by atoms with Crippen LogP contribution in [-0.4, -0.2) is 53.8 Å². The number of primary amides is 1. The molecule has 2 atom stereocenters. The van der Waals surface area contributed by atoms with Crippen molar-refractivity contribution in [3.05, 3.63) is 35.9 Å². The fourth-order valence-corrected chi connectivity index (χ4v) is 5.40. The predicted molar refractivity (Wildman–Crippen MR) is 128 cm³/mol. The second kappa shape index (κ2) is 9.70. The van der Waals surface area contributed by atoms with Crippen molar-refractivity contribution in [3.63, 3.8) is 0 Å². The Morgan fingerprint density at radius 3 is 2.42 bits per heavy atom. The van der Waals surface area contributed by atoms with Crippen LogP contribution in [-0.2, 0) is 0 Å². The van der Waals surface area contributed by atoms with Gasteiger partial charge in [-0.3, -0.25) is 10.1 Å². The third-order valence-corrected chi connectivity index (χ3v) is 6.77. The van der Waals surface area contributed by atoms with Crippen molar-refractivity contribution >= 4 is 34.4 Å². The highest BCUT2D eigenvalue weighted by Gasteiger charge is 2.42. The Bertz CT molecular complexity index is 1030. The fraction of sp³-hybridized carbons (Fsp3) is 0.435. The van der Waals surface area contributed by atoms with E-state index in [4.69, 9.17) is 10.5 Å². The van der Waals surface area contributed by atoms with Crippen molar-refractivity contribution in [2.45, 2.75) is 45.7 Å². The number of hydrogen-bond donors (Lipinski definition) is 4. The third-order valence-electron chi connectivity index (χ3n) is 5.67. The normalized spacial score (nSPS) is 18.5. The summed E-state index contributed by atoms with van der Waals surface area (Å²) < 4.78 is 5.19. The number of anilines is 1. The van der Waals surface area contributed by atoms with Gasteiger partial charge in [-0.25, -0.2) is 9.59 Å². The van der Waals surface area contributed by atoms with Crippen LogP contribution in [0.4, 0.5) is 14.6 Å². The lowest BCUT2D eigenvalue weighted by Crippen LogP contribution is -2.61. The van der Waals surface area contributed by atoms with Gasteiger partial charge in [0.25, 0.3) is 5.91 Å². The molecule has 10 heteroatoms. The summed E-state index contributed by atoms with van der Waals surface area (Å²) in [5.74, 6) is 0.318. The molecule has 0 bridgehead atoms. The van der Waals surface area contributed by atoms with E-state index in [1.54, 1.807) is 13.2 Å². The number of carbonyl (C=O) groups excluding carboxylic acids is 2. The number of piperidine rings is 1. The average Bonchev–Trinajstić information content (AvgIpc) is 3.16. The van der Waals surface area contributed by atoms with E-state index in [0.29, 0.717) is 30.1 Å². The van der Waals surface area contributed by atoms with Gasteiger partial charge in [-0.05, 0) is 54.2 Å². The molecule has 1 aliphatic heterocycles. The molecule has 2 aromatic rings. The van der Waals surface area contributed by atoms with Crippen molar-refractivity contribution in [1.29, 1.82) is 0 Å². The maximum absolute atomic E-state index is 13.3. The Kier molecular flexibility index (Phi) is 7.16. The van der Waals surface area contributed by atoms with E-state index in [9.17, 15) is 19.5 Å². The Hall–Kier alpha value is -3.27. The average molecular weight is 475 g/mol. The first kappa shape index (κ1) is 24.4. The zero-order chi connectivity index (χ0) is 24.3. The number of amides is 4. The monoisotopic (exact) mass is 474 g/mol. The molecule has 4 amide bonds. The number of nitrogens with zero attached hydrogens (tertiary/aromatic N) is 1. The van der Waals surface area contributed by atoms with Gasteiger partial charge in [0.15, 0.2) is 0 Å². The Labute approximate surface area is 196 Å². The zero-order valence-corrected chi connectivity index (χ0v) is 20.0. The molecule has 1 saturated heterocycles. The van der Waals surface area contributed by atoms with Crippen molar-refractivity contribution in [1.82, 2.24) is 10.2 Å². The maximum atomic E-state index is 13.3. The van der Waals surface area contributed by atoms with Crippen LogP contribution in [0.3, 0.4) is 0 Å². The molecule has 5 N–H and O–H groups in total. The van der Waals surface area contributed by atoms with Crippen LogP contribution in [0.15, 0.2) is 30.3 Å². The first-order valence-electron chi connectivity index (χ1n) is 10.7. The molecule has 3 rings (SSSR count). The number of methoxy groups -OCH3 is 1. The molecule has 0 radical (unpaired) electrons. The second-order valence-electron chi connectivity index (χ2n) is 9.08. The molecular weight excluding hydrogens is 444 g/mol. The van der Waals surface area contributed by atoms with E-state index in [-0.39, 0.29) is 29.0 Å². The van der Waals surface area contributed by atoms with Gasteiger partial charge in [-0.2, -0.15) is 0 Å². The summed E-state index contributed by atoms with van der Waals surface area (Å²) >= 11 is 1.24. The lowest BCUT2D eigenvalue weighted by molar-refractivity contribution is 0.0359. The molecule has 1 fully saturated rings. The summed E-state index contributed by atoms with van der Waals surface area (Å²) in [6, 6.07) is 7.53. The van der Waals surface area contributed by atoms with Gasteiger partial charge in [0.1, 0.15) is 10.8 Å². The van der Waals surface area contributed by atoms with E-state index in [1.807, 2.05) is 45.0 Å². The summed E-state index contributed by atoms with van der Waals surface area (Å²) in [6.07, 6.45) is 0.310. The highest BCUT2D eigenvalue weighted by atomic mass is 32.1. The van der Waals surface area contributed by atoms with E-state index in [1.165, 1.54) is 16.2 Å². The summed E-state index contributed by atoms with van der Waals surface area (Å²) in [5.41, 5.74) is 6.09. The van der Waals surface area contributed by atoms with Gasteiger partial charge in [0, 0.05) is 11.4 Å². The number of carboxylic acid groups (broad SMARTS) is 1. The number of urea groups is 1. The Morgan fingerprint density at radius 2 is 1.88 bits per heavy atom. The van der Waals surface area contributed by atoms with E-state index in [0.717, 1.165) is 10.4 Å². The molecule has 33 heavy (non-hydrogen) atoms. The number of hydrogen-bond acceptors (Lipinski definition) is 5. The topological polar surface area (TPSA) is 134 Å². The van der Waals surface area contributed by atoms with Crippen LogP contribution in [0, 0.1) is 5.41 Å². The largest absolute Gasteiger partial charge is 0.497 e. The smallest absolute Gasteiger partial charge is 0.407 e. The van der Waals surface area contributed by atoms with Crippen molar-refractivity contribution in [3.8, 4) is 16.2 Å². The standard InChI is InChI=1S/C23H30N4O5S/c1-23(2,3)18-16(6-5-11-27(18)22(30)31)25-19(28)15-12-17(33-20(15)26-21(24)29)13-7-9-14(32-4)10-8-13/h7-10,12,16,18H,5-6,11H2,1-4H3,(H,25,28)(H,30,31)(H3,24,26,29)/t16-,18?/m0/s1. The second-order valence-corrected chi connectivity index (χ2v) is 10.1. The quantitative estimate of drug-likeness (QED) is 0.515. The number of nitrogens with two attached hydrogens (primary N) is 1. The van der Waals surface area contributed by atoms with Gasteiger partial charge in [0.2, 0.25) is 0 Å². The molecule has 0 aliphatic carbocycles. The first-order chi connectivity index (χ1) is 15.5. The number of nitrogens with one attached hydrogen (secondary N) is 2. The van der Waals surface area contributed by atoms with Crippen LogP contribution in [0.1, 0.15) is 44.0 Å². The zero-order valence-electron chi connectivity index (χ0n) is 19.2. The molecule has 1 aliphatic rings. The summed E-state index contributed by atoms with van der Waals surface area (Å²) in [4.78, 5) is 38.9. The minimum atomic E-state index is -0.998. The van der Waals surface area contributed by atoms with Crippen molar-refractivity contribution in [2.75, 3.05) is 19.0 Å². The number of benzene rings is 1. The molecule has 2 heterocycles. The first-order valence-corrected chi connectivity index (χ1v) is 11.5. The number of carbonyl (C=O) groups is 3. The van der Waals surface area contributed by atoms with E-state index in [2.05, 4.69) is 10.6 Å². The maximum Gasteiger partial charge on any atom is 0.407 e. The highest BCUT2D eigenvalue weighted by molar-refractivity contribution is 7.20. The molecule has 1 aromatic carbocycles. The van der Waals surface area contributed by atoms with Gasteiger partial charge in [-0.1, -0.05) is 20.8 Å². The number of ether oxygens (including phenoxy) is 1. The van der Waals surface area contributed by atoms with Crippen LogP contribution in [0.25, 0.3) is 10.4 Å². The fourth-order valence-electron chi connectivity index (χ4n) is 4.34. The molecule has 1 unspecified atom stereocenters. The minimum absolute atomic E-state index is 0.282. The van der Waals surface area contributed by atoms with Gasteiger partial charge < -0.3 is 25.8 Å². The molecule has 0 spiro atoms. The molecule has 178 valence electrons. The van der Waals surface area contributed by atoms with Crippen molar-refractivity contribution < 1.29 is 24.2 Å². The molecule has 9 nitrogen and oxygen atoms in total. The summed E-state index contributed by atoms with van der Waals surface area (Å²) in [7, 11) is 1.58. The van der Waals surface area contributed by atoms with Crippen LogP contribution in [0.2, 0.25) is 0 Å². The summed E-state index contributed by atoms with van der Waals surface area (Å²) in [5, 5.41) is 15.6. The number of rotatable bonds is 5. The lowest BCUT2D eigenvalue weighted by atomic mass is 9.77. The molecule has 0 saturated carbocycles. The van der Waals surface area contributed by atoms with E-state index >= 15 is 0 Å². The third kappa shape index (κ3) is 5.57. The van der Waals surface area contributed by atoms with Crippen molar-refractivity contribution in [2.24, 2.45) is 11.1 Å². The van der Waals surface area contributed by atoms with Crippen LogP contribution < -0.4 is 21.1 Å². The van der Waals surface area contributed by atoms with Crippen LogP contribution >= 0.6 is 11.3 Å². The summed E-state index contributed by atoms with van der Waals surface area (Å²) in [6.45, 7) is 6.32.